The zero-order valence-electron chi connectivity index (χ0n) is 31.7. The average molecular weight is 751 g/mol. The molecule has 8 nitrogen and oxygen atoms in total. The molecular weight excluding hydrogens is 713 g/mol. The van der Waals surface area contributed by atoms with Crippen LogP contribution in [0.5, 0.6) is 0 Å². The Bertz CT molecular complexity index is 2830. The zero-order valence-corrected chi connectivity index (χ0v) is 31.7. The minimum absolute atomic E-state index is 0.203. The van der Waals surface area contributed by atoms with Crippen LogP contribution in [0.2, 0.25) is 0 Å². The summed E-state index contributed by atoms with van der Waals surface area (Å²) < 4.78 is 0. The van der Waals surface area contributed by atoms with Gasteiger partial charge in [-0.3, -0.25) is 9.98 Å². The predicted molar refractivity (Wildman–Crippen MR) is 230 cm³/mol. The first-order valence-electron chi connectivity index (χ1n) is 19.9. The van der Waals surface area contributed by atoms with Gasteiger partial charge in [-0.2, -0.15) is 0 Å². The summed E-state index contributed by atoms with van der Waals surface area (Å²) in [6.45, 7) is 0. The third kappa shape index (κ3) is 6.10. The second kappa shape index (κ2) is 14.3. The van der Waals surface area contributed by atoms with Gasteiger partial charge in [-0.1, -0.05) is 140 Å². The van der Waals surface area contributed by atoms with Gasteiger partial charge >= 0.3 is 0 Å². The highest BCUT2D eigenvalue weighted by atomic mass is 15.1. The summed E-state index contributed by atoms with van der Waals surface area (Å²) >= 11 is 0. The lowest BCUT2D eigenvalue weighted by atomic mass is 9.83. The SMILES string of the molecule is c1ccc(C2=NC(c3cccc(C4=NC(c5ccccc5)NC5=C4CCc4nc(-c6ccccc6)ncc45)c3)C3=C(N2)c2cnc(-c4ccccc4)nc2CC3)cc1. The van der Waals surface area contributed by atoms with Gasteiger partial charge in [-0.25, -0.2) is 19.9 Å². The number of aryl methyl sites for hydroxylation is 2. The van der Waals surface area contributed by atoms with Crippen molar-refractivity contribution in [3.63, 3.8) is 0 Å². The van der Waals surface area contributed by atoms with Gasteiger partial charge < -0.3 is 10.6 Å². The highest BCUT2D eigenvalue weighted by molar-refractivity contribution is 6.18. The Labute approximate surface area is 337 Å². The van der Waals surface area contributed by atoms with Crippen molar-refractivity contribution in [1.29, 1.82) is 0 Å². The smallest absolute Gasteiger partial charge is 0.159 e. The number of nitrogens with zero attached hydrogens (tertiary/aromatic N) is 6. The van der Waals surface area contributed by atoms with Crippen molar-refractivity contribution in [2.45, 2.75) is 37.9 Å². The number of hydrogen-bond donors (Lipinski definition) is 2. The Hall–Kier alpha value is -7.32. The van der Waals surface area contributed by atoms with Crippen molar-refractivity contribution >= 4 is 22.9 Å². The number of benzene rings is 5. The molecule has 2 aliphatic heterocycles. The molecule has 0 saturated carbocycles. The number of fused-ring (bicyclic) bond motifs is 4. The Morgan fingerprint density at radius 3 is 1.69 bits per heavy atom. The van der Waals surface area contributed by atoms with Crippen LogP contribution in [-0.4, -0.2) is 31.5 Å². The molecule has 7 aromatic rings. The highest BCUT2D eigenvalue weighted by Gasteiger charge is 2.34. The van der Waals surface area contributed by atoms with Gasteiger partial charge in [-0.05, 0) is 48.4 Å². The molecule has 4 heterocycles. The molecule has 0 saturated heterocycles. The van der Waals surface area contributed by atoms with E-state index in [-0.39, 0.29) is 12.2 Å². The van der Waals surface area contributed by atoms with Crippen LogP contribution in [0.4, 0.5) is 0 Å². The van der Waals surface area contributed by atoms with Crippen molar-refractivity contribution in [3.05, 3.63) is 214 Å². The molecule has 2 unspecified atom stereocenters. The van der Waals surface area contributed by atoms with Gasteiger partial charge in [0.25, 0.3) is 0 Å². The maximum atomic E-state index is 5.47. The molecule has 278 valence electrons. The molecular formula is C50H38N8. The summed E-state index contributed by atoms with van der Waals surface area (Å²) in [5.74, 6) is 2.33. The third-order valence-corrected chi connectivity index (χ3v) is 11.5. The Morgan fingerprint density at radius 2 is 1.03 bits per heavy atom. The van der Waals surface area contributed by atoms with Crippen LogP contribution in [0.1, 0.15) is 69.8 Å². The first kappa shape index (κ1) is 34.0. The molecule has 2 N–H and O–H groups in total. The topological polar surface area (TPSA) is 100 Å². The minimum Gasteiger partial charge on any atom is -0.359 e. The van der Waals surface area contributed by atoms with E-state index in [0.29, 0.717) is 0 Å². The first-order valence-corrected chi connectivity index (χ1v) is 19.9. The summed E-state index contributed by atoms with van der Waals surface area (Å²) in [5.41, 5.74) is 16.1. The fourth-order valence-corrected chi connectivity index (χ4v) is 8.64. The molecule has 0 bridgehead atoms. The summed E-state index contributed by atoms with van der Waals surface area (Å²) in [4.78, 5) is 30.9. The monoisotopic (exact) mass is 750 g/mol. The van der Waals surface area contributed by atoms with Gasteiger partial charge in [0, 0.05) is 51.3 Å². The number of aliphatic imine (C=N–C) groups is 2. The van der Waals surface area contributed by atoms with E-state index in [1.165, 1.54) is 11.1 Å². The number of allylic oxidation sites excluding steroid dienone is 1. The molecule has 2 atom stereocenters. The summed E-state index contributed by atoms with van der Waals surface area (Å²) in [5, 5.41) is 7.56. The van der Waals surface area contributed by atoms with Gasteiger partial charge in [0.15, 0.2) is 11.6 Å². The van der Waals surface area contributed by atoms with Gasteiger partial charge in [0.1, 0.15) is 18.0 Å². The molecule has 0 fully saturated rings. The number of aromatic nitrogens is 4. The lowest BCUT2D eigenvalue weighted by Gasteiger charge is -2.33. The summed E-state index contributed by atoms with van der Waals surface area (Å²) in [6, 6.07) is 49.9. The highest BCUT2D eigenvalue weighted by Crippen LogP contribution is 2.43. The van der Waals surface area contributed by atoms with Crippen molar-refractivity contribution in [2.75, 3.05) is 0 Å². The van der Waals surface area contributed by atoms with Gasteiger partial charge in [0.2, 0.25) is 0 Å². The van der Waals surface area contributed by atoms with Crippen LogP contribution >= 0.6 is 0 Å². The van der Waals surface area contributed by atoms with E-state index in [9.17, 15) is 0 Å². The molecule has 0 spiro atoms. The van der Waals surface area contributed by atoms with Crippen LogP contribution in [-0.2, 0) is 12.8 Å². The van der Waals surface area contributed by atoms with E-state index < -0.39 is 0 Å². The minimum atomic E-state index is -0.273. The lowest BCUT2D eigenvalue weighted by Crippen LogP contribution is -2.33. The standard InChI is InChI=1S/C50H38N8/c1-5-14-31(15-6-1)47-51-29-39-41(53-47)26-24-37-43(55-49(57-45(37)39)33-18-9-3-10-19-33)35-22-13-23-36(28-35)44-38-25-27-42-40(30-52-48(54-42)32-16-7-2-8-17-32)46(38)58-50(56-44)34-20-11-4-12-21-34/h1-23,28-30,43,50,58H,24-27H2,(H,55,57). The molecule has 58 heavy (non-hydrogen) atoms. The molecule has 4 aliphatic rings. The van der Waals surface area contributed by atoms with Crippen LogP contribution in [0.15, 0.2) is 179 Å². The van der Waals surface area contributed by atoms with Crippen LogP contribution in [0.25, 0.3) is 34.2 Å². The van der Waals surface area contributed by atoms with Crippen LogP contribution in [0, 0.1) is 0 Å². The predicted octanol–water partition coefficient (Wildman–Crippen LogP) is 9.50. The summed E-state index contributed by atoms with van der Waals surface area (Å²) in [7, 11) is 0. The van der Waals surface area contributed by atoms with Crippen molar-refractivity contribution in [3.8, 4) is 22.8 Å². The Morgan fingerprint density at radius 1 is 0.483 bits per heavy atom. The van der Waals surface area contributed by atoms with Crippen molar-refractivity contribution in [1.82, 2.24) is 30.6 Å². The van der Waals surface area contributed by atoms with Crippen molar-refractivity contribution in [2.24, 2.45) is 9.98 Å². The molecule has 5 aromatic carbocycles. The molecule has 2 aliphatic carbocycles. The van der Waals surface area contributed by atoms with E-state index in [2.05, 4.69) is 108 Å². The number of rotatable bonds is 6. The van der Waals surface area contributed by atoms with Gasteiger partial charge in [0.05, 0.1) is 28.5 Å². The molecule has 8 heteroatoms. The summed E-state index contributed by atoms with van der Waals surface area (Å²) in [6.07, 6.45) is 6.96. The Kier molecular flexibility index (Phi) is 8.39. The number of amidine groups is 1. The maximum absolute atomic E-state index is 5.47. The van der Waals surface area contributed by atoms with Crippen molar-refractivity contribution < 1.29 is 0 Å². The van der Waals surface area contributed by atoms with E-state index in [1.54, 1.807) is 0 Å². The second-order valence-corrected chi connectivity index (χ2v) is 15.0. The third-order valence-electron chi connectivity index (χ3n) is 11.5. The van der Waals surface area contributed by atoms with Gasteiger partial charge in [-0.15, -0.1) is 0 Å². The molecule has 11 rings (SSSR count). The largest absolute Gasteiger partial charge is 0.359 e. The molecule has 0 amide bonds. The fraction of sp³-hybridized carbons (Fsp3) is 0.120. The normalized spacial score (nSPS) is 18.1. The first-order chi connectivity index (χ1) is 28.7. The molecule has 0 radical (unpaired) electrons. The number of hydrogen-bond acceptors (Lipinski definition) is 8. The van der Waals surface area contributed by atoms with Crippen LogP contribution in [0.3, 0.4) is 0 Å². The average Bonchev–Trinajstić information content (AvgIpc) is 3.31. The molecule has 2 aromatic heterocycles. The second-order valence-electron chi connectivity index (χ2n) is 15.0. The number of nitrogens with one attached hydrogen (secondary N) is 2. The zero-order chi connectivity index (χ0) is 38.4. The quantitative estimate of drug-likeness (QED) is 0.176. The Balaban J connectivity index is 1.02. The van der Waals surface area contributed by atoms with E-state index in [1.807, 2.05) is 60.9 Å². The van der Waals surface area contributed by atoms with E-state index in [4.69, 9.17) is 29.9 Å². The van der Waals surface area contributed by atoms with E-state index >= 15 is 0 Å². The van der Waals surface area contributed by atoms with Crippen LogP contribution < -0.4 is 10.6 Å². The maximum Gasteiger partial charge on any atom is 0.159 e. The fourth-order valence-electron chi connectivity index (χ4n) is 8.64. The van der Waals surface area contributed by atoms with E-state index in [0.717, 1.165) is 116 Å². The lowest BCUT2D eigenvalue weighted by molar-refractivity contribution is 0.648.